The second-order valence-electron chi connectivity index (χ2n) is 6.79. The van der Waals surface area contributed by atoms with Crippen molar-refractivity contribution in [1.29, 1.82) is 0 Å². The van der Waals surface area contributed by atoms with Crippen molar-refractivity contribution in [3.63, 3.8) is 0 Å². The zero-order valence-corrected chi connectivity index (χ0v) is 16.3. The number of aryl methyl sites for hydroxylation is 2. The molecule has 0 aliphatic carbocycles. The first kappa shape index (κ1) is 19.3. The number of anilines is 1. The molecule has 30 heavy (non-hydrogen) atoms. The number of amides is 1. The summed E-state index contributed by atoms with van der Waals surface area (Å²) in [7, 11) is 0. The van der Waals surface area contributed by atoms with Crippen LogP contribution < -0.4 is 15.7 Å². The van der Waals surface area contributed by atoms with Crippen molar-refractivity contribution in [2.45, 2.75) is 20.4 Å². The van der Waals surface area contributed by atoms with Gasteiger partial charge >= 0.3 is 5.69 Å². The first-order valence-electron chi connectivity index (χ1n) is 9.15. The van der Waals surface area contributed by atoms with Gasteiger partial charge in [0.25, 0.3) is 5.88 Å². The Morgan fingerprint density at radius 3 is 2.83 bits per heavy atom. The summed E-state index contributed by atoms with van der Waals surface area (Å²) in [5, 5.41) is 6.97. The molecule has 0 aliphatic heterocycles. The van der Waals surface area contributed by atoms with Crippen LogP contribution in [0.4, 0.5) is 10.1 Å². The van der Waals surface area contributed by atoms with Crippen molar-refractivity contribution in [3.8, 4) is 11.6 Å². The van der Waals surface area contributed by atoms with E-state index in [4.69, 9.17) is 4.74 Å². The monoisotopic (exact) mass is 407 g/mol. The fraction of sp³-hybridized carbons (Fsp3) is 0.143. The number of hydrogen-bond acceptors (Lipinski definition) is 5. The number of ether oxygens (including phenoxy) is 1. The molecule has 0 bridgehead atoms. The molecule has 9 heteroatoms. The lowest BCUT2D eigenvalue weighted by Gasteiger charge is -2.09. The van der Waals surface area contributed by atoms with E-state index in [1.54, 1.807) is 6.07 Å². The Hall–Kier alpha value is -4.01. The van der Waals surface area contributed by atoms with Crippen molar-refractivity contribution >= 4 is 17.2 Å². The van der Waals surface area contributed by atoms with Gasteiger partial charge in [0, 0.05) is 24.1 Å². The summed E-state index contributed by atoms with van der Waals surface area (Å²) in [6, 6.07) is 11.2. The maximum Gasteiger partial charge on any atom is 0.351 e. The molecule has 2 aromatic carbocycles. The lowest BCUT2D eigenvalue weighted by molar-refractivity contribution is -0.117. The number of hydrogen-bond donors (Lipinski definition) is 1. The molecule has 0 unspecified atom stereocenters. The molecule has 0 spiro atoms. The van der Waals surface area contributed by atoms with Gasteiger partial charge in [-0.1, -0.05) is 18.2 Å². The molecule has 1 amide bonds. The van der Waals surface area contributed by atoms with Crippen LogP contribution in [0.1, 0.15) is 11.1 Å². The third-order valence-corrected chi connectivity index (χ3v) is 4.44. The van der Waals surface area contributed by atoms with Crippen LogP contribution in [-0.4, -0.2) is 25.1 Å². The number of benzene rings is 2. The summed E-state index contributed by atoms with van der Waals surface area (Å²) in [5.74, 6) is -0.626. The highest BCUT2D eigenvalue weighted by molar-refractivity contribution is 5.91. The minimum Gasteiger partial charge on any atom is -0.436 e. The minimum atomic E-state index is -0.521. The molecule has 2 aromatic heterocycles. The van der Waals surface area contributed by atoms with Crippen molar-refractivity contribution in [2.75, 3.05) is 5.32 Å². The normalized spacial score (nSPS) is 10.9. The predicted molar refractivity (Wildman–Crippen MR) is 108 cm³/mol. The number of carbonyl (C=O) groups excluding carboxylic acids is 1. The molecule has 0 radical (unpaired) electrons. The average molecular weight is 407 g/mol. The summed E-state index contributed by atoms with van der Waals surface area (Å²) in [6.45, 7) is 3.52. The SMILES string of the molecule is Cc1ccc(C)c(NC(=O)Cn2nc3c(Oc4cccc(F)c4)nccn3c2=O)c1. The summed E-state index contributed by atoms with van der Waals surface area (Å²) in [6.07, 6.45) is 2.79. The van der Waals surface area contributed by atoms with E-state index in [1.807, 2.05) is 32.0 Å². The molecule has 0 saturated heterocycles. The van der Waals surface area contributed by atoms with E-state index in [0.717, 1.165) is 15.8 Å². The second kappa shape index (κ2) is 7.78. The van der Waals surface area contributed by atoms with E-state index in [1.165, 1.54) is 35.0 Å². The smallest absolute Gasteiger partial charge is 0.351 e. The molecular weight excluding hydrogens is 389 g/mol. The molecule has 8 nitrogen and oxygen atoms in total. The van der Waals surface area contributed by atoms with Crippen LogP contribution >= 0.6 is 0 Å². The number of carbonyl (C=O) groups is 1. The number of halogens is 1. The second-order valence-corrected chi connectivity index (χ2v) is 6.79. The predicted octanol–water partition coefficient (Wildman–Crippen LogP) is 3.08. The van der Waals surface area contributed by atoms with Gasteiger partial charge in [-0.15, -0.1) is 5.10 Å². The minimum absolute atomic E-state index is 0.0221. The first-order chi connectivity index (χ1) is 14.4. The fourth-order valence-electron chi connectivity index (χ4n) is 2.94. The van der Waals surface area contributed by atoms with Gasteiger partial charge < -0.3 is 10.1 Å². The summed E-state index contributed by atoms with van der Waals surface area (Å²) >= 11 is 0. The molecule has 1 N–H and O–H groups in total. The largest absolute Gasteiger partial charge is 0.436 e. The van der Waals surface area contributed by atoms with Gasteiger partial charge in [-0.25, -0.2) is 23.3 Å². The van der Waals surface area contributed by atoms with Crippen LogP contribution in [0.5, 0.6) is 11.6 Å². The lowest BCUT2D eigenvalue weighted by Crippen LogP contribution is -2.28. The van der Waals surface area contributed by atoms with Crippen LogP contribution in [0.3, 0.4) is 0 Å². The Balaban J connectivity index is 1.61. The topological polar surface area (TPSA) is 90.5 Å². The maximum absolute atomic E-state index is 13.4. The fourth-order valence-corrected chi connectivity index (χ4v) is 2.94. The van der Waals surface area contributed by atoms with Crippen molar-refractivity contribution in [2.24, 2.45) is 0 Å². The van der Waals surface area contributed by atoms with Gasteiger partial charge in [0.2, 0.25) is 11.6 Å². The highest BCUT2D eigenvalue weighted by Crippen LogP contribution is 2.22. The van der Waals surface area contributed by atoms with E-state index < -0.39 is 17.4 Å². The van der Waals surface area contributed by atoms with Gasteiger partial charge in [-0.05, 0) is 43.2 Å². The third-order valence-electron chi connectivity index (χ3n) is 4.44. The van der Waals surface area contributed by atoms with Crippen LogP contribution in [0, 0.1) is 19.7 Å². The molecule has 152 valence electrons. The van der Waals surface area contributed by atoms with E-state index in [0.29, 0.717) is 5.69 Å². The van der Waals surface area contributed by atoms with Gasteiger partial charge in [0.1, 0.15) is 18.1 Å². The summed E-state index contributed by atoms with van der Waals surface area (Å²) in [4.78, 5) is 29.2. The maximum atomic E-state index is 13.4. The summed E-state index contributed by atoms with van der Waals surface area (Å²) in [5.41, 5.74) is 2.18. The van der Waals surface area contributed by atoms with Crippen LogP contribution in [0.15, 0.2) is 59.7 Å². The molecular formula is C21H18FN5O3. The van der Waals surface area contributed by atoms with Gasteiger partial charge in [-0.2, -0.15) is 0 Å². The first-order valence-corrected chi connectivity index (χ1v) is 9.15. The van der Waals surface area contributed by atoms with Crippen LogP contribution in [0.25, 0.3) is 5.65 Å². The number of rotatable bonds is 5. The van der Waals surface area contributed by atoms with E-state index >= 15 is 0 Å². The van der Waals surface area contributed by atoms with E-state index in [-0.39, 0.29) is 23.8 Å². The van der Waals surface area contributed by atoms with E-state index in [9.17, 15) is 14.0 Å². The highest BCUT2D eigenvalue weighted by atomic mass is 19.1. The number of fused-ring (bicyclic) bond motifs is 1. The Kier molecular flexibility index (Phi) is 5.01. The van der Waals surface area contributed by atoms with Gasteiger partial charge in [-0.3, -0.25) is 4.79 Å². The zero-order valence-electron chi connectivity index (χ0n) is 16.3. The van der Waals surface area contributed by atoms with Crippen molar-refractivity contribution < 1.29 is 13.9 Å². The Labute approximate surface area is 170 Å². The molecule has 0 fully saturated rings. The quantitative estimate of drug-likeness (QED) is 0.549. The van der Waals surface area contributed by atoms with Crippen molar-refractivity contribution in [3.05, 3.63) is 82.3 Å². The van der Waals surface area contributed by atoms with Gasteiger partial charge in [0.05, 0.1) is 0 Å². The van der Waals surface area contributed by atoms with Crippen LogP contribution in [0.2, 0.25) is 0 Å². The summed E-state index contributed by atoms with van der Waals surface area (Å²) < 4.78 is 21.2. The number of nitrogens with zero attached hydrogens (tertiary/aromatic N) is 4. The molecule has 4 rings (SSSR count). The Morgan fingerprint density at radius 1 is 1.20 bits per heavy atom. The standard InChI is InChI=1S/C21H18FN5O3/c1-13-6-7-14(2)17(10-13)24-18(28)12-27-21(29)26-9-8-23-20(19(26)25-27)30-16-5-3-4-15(22)11-16/h3-11H,12H2,1-2H3,(H,24,28). The highest BCUT2D eigenvalue weighted by Gasteiger charge is 2.16. The van der Waals surface area contributed by atoms with Crippen molar-refractivity contribution in [1.82, 2.24) is 19.2 Å². The Bertz CT molecular complexity index is 1310. The van der Waals surface area contributed by atoms with E-state index in [2.05, 4.69) is 15.4 Å². The molecule has 4 aromatic rings. The molecule has 2 heterocycles. The van der Waals surface area contributed by atoms with Crippen LogP contribution in [-0.2, 0) is 11.3 Å². The molecule has 0 atom stereocenters. The molecule has 0 aliphatic rings. The number of nitrogens with one attached hydrogen (secondary N) is 1. The van der Waals surface area contributed by atoms with Gasteiger partial charge in [0.15, 0.2) is 0 Å². The average Bonchev–Trinajstić information content (AvgIpc) is 3.01. The third kappa shape index (κ3) is 3.90. The zero-order chi connectivity index (χ0) is 21.3. The number of aromatic nitrogens is 4. The Morgan fingerprint density at radius 2 is 2.03 bits per heavy atom. The lowest BCUT2D eigenvalue weighted by atomic mass is 10.1. The molecule has 0 saturated carbocycles.